The van der Waals surface area contributed by atoms with E-state index in [0.717, 1.165) is 22.8 Å². The second-order valence-electron chi connectivity index (χ2n) is 5.71. The first kappa shape index (κ1) is 17.3. The summed E-state index contributed by atoms with van der Waals surface area (Å²) < 4.78 is 2.07. The fraction of sp³-hybridized carbons (Fsp3) is 0. The Morgan fingerprint density at radius 3 is 2.11 bits per heavy atom. The third-order valence-corrected chi connectivity index (χ3v) is 4.92. The van der Waals surface area contributed by atoms with Gasteiger partial charge in [-0.15, -0.1) is 0 Å². The second-order valence-corrected chi connectivity index (χ2v) is 7.01. The minimum atomic E-state index is 0.384. The van der Waals surface area contributed by atoms with E-state index >= 15 is 0 Å². The molecule has 132 valence electrons. The van der Waals surface area contributed by atoms with Crippen molar-refractivity contribution in [3.63, 3.8) is 0 Å². The molecule has 0 radical (unpaired) electrons. The average molecular weight is 389 g/mol. The summed E-state index contributed by atoms with van der Waals surface area (Å²) in [5, 5.41) is 3.50. The van der Waals surface area contributed by atoms with Crippen molar-refractivity contribution in [3.8, 4) is 17.1 Å². The van der Waals surface area contributed by atoms with Gasteiger partial charge in [0, 0.05) is 11.3 Å². The third-order valence-electron chi connectivity index (χ3n) is 3.81. The molecular formula is C21H16N4S2. The Kier molecular flexibility index (Phi) is 5.18. The van der Waals surface area contributed by atoms with Crippen molar-refractivity contribution < 1.29 is 0 Å². The van der Waals surface area contributed by atoms with Crippen LogP contribution < -0.4 is 10.1 Å². The second kappa shape index (κ2) is 8.07. The molecule has 1 N–H and O–H groups in total. The Balaban J connectivity index is 1.74. The van der Waals surface area contributed by atoms with Crippen LogP contribution in [0.1, 0.15) is 0 Å². The number of anilines is 1. The van der Waals surface area contributed by atoms with Gasteiger partial charge in [-0.1, -0.05) is 66.7 Å². The molecule has 0 amide bonds. The molecule has 4 nitrogen and oxygen atoms in total. The molecule has 0 saturated carbocycles. The zero-order valence-electron chi connectivity index (χ0n) is 14.3. The van der Waals surface area contributed by atoms with Gasteiger partial charge >= 0.3 is 0 Å². The van der Waals surface area contributed by atoms with Crippen LogP contribution in [0.3, 0.4) is 0 Å². The minimum absolute atomic E-state index is 0.384. The molecule has 0 aliphatic heterocycles. The molecule has 1 heterocycles. The smallest absolute Gasteiger partial charge is 0.230 e. The van der Waals surface area contributed by atoms with Crippen molar-refractivity contribution in [2.24, 2.45) is 4.99 Å². The van der Waals surface area contributed by atoms with Gasteiger partial charge in [0.05, 0.1) is 5.69 Å². The van der Waals surface area contributed by atoms with Crippen molar-refractivity contribution in [2.75, 3.05) is 5.32 Å². The van der Waals surface area contributed by atoms with E-state index in [-0.39, 0.29) is 0 Å². The maximum absolute atomic E-state index is 5.38. The lowest BCUT2D eigenvalue weighted by atomic mass is 10.2. The van der Waals surface area contributed by atoms with Crippen LogP contribution >= 0.6 is 23.8 Å². The van der Waals surface area contributed by atoms with E-state index in [1.807, 2.05) is 78.9 Å². The Hall–Kier alpha value is -3.09. The highest BCUT2D eigenvalue weighted by atomic mass is 32.1. The zero-order chi connectivity index (χ0) is 18.5. The fourth-order valence-electron chi connectivity index (χ4n) is 2.59. The third kappa shape index (κ3) is 4.19. The van der Waals surface area contributed by atoms with Gasteiger partial charge in [0.1, 0.15) is 0 Å². The number of thiocarbonyl (C=S) groups is 1. The maximum Gasteiger partial charge on any atom is 0.230 e. The molecule has 0 unspecified atom stereocenters. The van der Waals surface area contributed by atoms with Crippen LogP contribution in [0.2, 0.25) is 0 Å². The molecule has 4 rings (SSSR count). The largest absolute Gasteiger partial charge is 0.331 e. The molecule has 0 aliphatic rings. The van der Waals surface area contributed by atoms with Crippen molar-refractivity contribution in [1.29, 1.82) is 0 Å². The quantitative estimate of drug-likeness (QED) is 0.508. The summed E-state index contributed by atoms with van der Waals surface area (Å²) in [4.78, 5) is 9.82. The molecule has 0 saturated heterocycles. The van der Waals surface area contributed by atoms with Gasteiger partial charge < -0.3 is 5.32 Å². The molecule has 1 aromatic heterocycles. The standard InChI is InChI=1S/C21H16N4S2/c26-20(22-17-12-6-2-7-13-17)24-21-23-19(16-10-4-1-5-11-16)25(27-21)18-14-8-3-9-15-18/h1-15H,(H,22,26). The molecule has 3 aromatic carbocycles. The molecule has 0 atom stereocenters. The maximum atomic E-state index is 5.38. The van der Waals surface area contributed by atoms with Crippen LogP contribution in [0.25, 0.3) is 17.1 Å². The van der Waals surface area contributed by atoms with Crippen LogP contribution in [0.4, 0.5) is 5.69 Å². The first-order valence-electron chi connectivity index (χ1n) is 8.41. The molecule has 27 heavy (non-hydrogen) atoms. The van der Waals surface area contributed by atoms with E-state index in [0.29, 0.717) is 9.91 Å². The van der Waals surface area contributed by atoms with E-state index in [1.165, 1.54) is 11.5 Å². The van der Waals surface area contributed by atoms with Gasteiger partial charge in [-0.3, -0.25) is 0 Å². The van der Waals surface area contributed by atoms with E-state index in [2.05, 4.69) is 26.4 Å². The van der Waals surface area contributed by atoms with Crippen molar-refractivity contribution in [2.45, 2.75) is 0 Å². The van der Waals surface area contributed by atoms with Gasteiger partial charge in [-0.05, 0) is 48.0 Å². The average Bonchev–Trinajstić information content (AvgIpc) is 3.14. The molecule has 0 spiro atoms. The lowest BCUT2D eigenvalue weighted by molar-refractivity contribution is 1.13. The summed E-state index contributed by atoms with van der Waals surface area (Å²) >= 11 is 6.84. The zero-order valence-corrected chi connectivity index (χ0v) is 16.0. The van der Waals surface area contributed by atoms with E-state index in [9.17, 15) is 0 Å². The fourth-order valence-corrected chi connectivity index (χ4v) is 3.74. The van der Waals surface area contributed by atoms with Gasteiger partial charge in [0.2, 0.25) is 4.80 Å². The Morgan fingerprint density at radius 1 is 0.852 bits per heavy atom. The number of hydrogen-bond donors (Lipinski definition) is 1. The first-order chi connectivity index (χ1) is 13.3. The Labute approximate surface area is 166 Å². The summed E-state index contributed by atoms with van der Waals surface area (Å²) in [5.74, 6) is 0.841. The predicted octanol–water partition coefficient (Wildman–Crippen LogP) is 4.90. The number of nitrogens with zero attached hydrogens (tertiary/aromatic N) is 3. The monoisotopic (exact) mass is 388 g/mol. The highest BCUT2D eigenvalue weighted by Gasteiger charge is 2.10. The minimum Gasteiger partial charge on any atom is -0.331 e. The normalized spacial score (nSPS) is 11.3. The Bertz CT molecular complexity index is 1040. The molecule has 0 aliphatic carbocycles. The Morgan fingerprint density at radius 2 is 1.44 bits per heavy atom. The molecule has 4 aromatic rings. The van der Waals surface area contributed by atoms with Crippen LogP contribution in [0.5, 0.6) is 0 Å². The topological polar surface area (TPSA) is 42.2 Å². The first-order valence-corrected chi connectivity index (χ1v) is 9.60. The number of benzene rings is 3. The van der Waals surface area contributed by atoms with E-state index in [4.69, 9.17) is 17.2 Å². The van der Waals surface area contributed by atoms with Gasteiger partial charge in [0.15, 0.2) is 10.9 Å². The van der Waals surface area contributed by atoms with Crippen LogP contribution in [-0.4, -0.2) is 14.1 Å². The molecular weight excluding hydrogens is 372 g/mol. The predicted molar refractivity (Wildman–Crippen MR) is 115 cm³/mol. The lowest BCUT2D eigenvalue weighted by Gasteiger charge is -2.05. The number of para-hydroxylation sites is 2. The van der Waals surface area contributed by atoms with Crippen molar-refractivity contribution in [1.82, 2.24) is 8.94 Å². The van der Waals surface area contributed by atoms with Crippen LogP contribution in [-0.2, 0) is 0 Å². The van der Waals surface area contributed by atoms with Crippen molar-refractivity contribution in [3.05, 3.63) is 95.8 Å². The van der Waals surface area contributed by atoms with Crippen LogP contribution in [0.15, 0.2) is 96.0 Å². The van der Waals surface area contributed by atoms with E-state index < -0.39 is 0 Å². The lowest BCUT2D eigenvalue weighted by Crippen LogP contribution is -2.11. The van der Waals surface area contributed by atoms with Crippen LogP contribution in [0, 0.1) is 0 Å². The number of rotatable bonds is 3. The summed E-state index contributed by atoms with van der Waals surface area (Å²) in [6.45, 7) is 0. The summed E-state index contributed by atoms with van der Waals surface area (Å²) in [6.07, 6.45) is 0. The number of hydrogen-bond acceptors (Lipinski definition) is 3. The van der Waals surface area contributed by atoms with Crippen molar-refractivity contribution >= 4 is 34.6 Å². The highest BCUT2D eigenvalue weighted by molar-refractivity contribution is 7.80. The SMILES string of the molecule is S=C(N=c1nc(-c2ccccc2)n(-c2ccccc2)s1)Nc1ccccc1. The molecule has 0 bridgehead atoms. The number of aromatic nitrogens is 2. The number of nitrogens with one attached hydrogen (secondary N) is 1. The van der Waals surface area contributed by atoms with Gasteiger partial charge in [0.25, 0.3) is 0 Å². The summed E-state index contributed by atoms with van der Waals surface area (Å²) in [6, 6.07) is 29.9. The van der Waals surface area contributed by atoms with Gasteiger partial charge in [-0.2, -0.15) is 9.98 Å². The molecule has 6 heteroatoms. The van der Waals surface area contributed by atoms with E-state index in [1.54, 1.807) is 0 Å². The summed E-state index contributed by atoms with van der Waals surface area (Å²) in [7, 11) is 0. The summed E-state index contributed by atoms with van der Waals surface area (Å²) in [5.41, 5.74) is 2.97. The molecule has 0 fully saturated rings. The highest BCUT2D eigenvalue weighted by Crippen LogP contribution is 2.21. The van der Waals surface area contributed by atoms with Gasteiger partial charge in [-0.25, -0.2) is 3.96 Å².